The summed E-state index contributed by atoms with van der Waals surface area (Å²) in [5, 5.41) is 0. The van der Waals surface area contributed by atoms with Gasteiger partial charge in [-0.2, -0.15) is 0 Å². The lowest BCUT2D eigenvalue weighted by molar-refractivity contribution is 0.252. The molecule has 4 unspecified atom stereocenters. The van der Waals surface area contributed by atoms with E-state index in [0.29, 0.717) is 13.2 Å². The summed E-state index contributed by atoms with van der Waals surface area (Å²) in [5.74, 6) is 4.66. The highest BCUT2D eigenvalue weighted by molar-refractivity contribution is 5.70. The van der Waals surface area contributed by atoms with Gasteiger partial charge in [-0.3, -0.25) is 0 Å². The fraction of sp³-hybridized carbons (Fsp3) is 0.500. The molecule has 0 N–H and O–H groups in total. The average molecular weight is 519 g/mol. The summed E-state index contributed by atoms with van der Waals surface area (Å²) >= 11 is 0. The molecular weight excluding hydrogens is 480 g/mol. The van der Waals surface area contributed by atoms with Crippen LogP contribution in [0.4, 0.5) is 0 Å². The zero-order valence-electron chi connectivity index (χ0n) is 22.4. The van der Waals surface area contributed by atoms with Crippen LogP contribution >= 0.6 is 0 Å². The Bertz CT molecular complexity index is 1100. The molecule has 202 valence electrons. The van der Waals surface area contributed by atoms with Gasteiger partial charge in [0.25, 0.3) is 0 Å². The van der Waals surface area contributed by atoms with E-state index >= 15 is 0 Å². The maximum atomic E-state index is 5.88. The number of hydrogen-bond acceptors (Lipinski definition) is 6. The van der Waals surface area contributed by atoms with E-state index in [1.165, 1.54) is 35.1 Å². The Kier molecular flexibility index (Phi) is 7.61. The van der Waals surface area contributed by atoms with E-state index < -0.39 is 0 Å². The van der Waals surface area contributed by atoms with E-state index in [4.69, 9.17) is 28.4 Å². The van der Waals surface area contributed by atoms with Crippen LogP contribution in [0.25, 0.3) is 11.1 Å². The van der Waals surface area contributed by atoms with Crippen LogP contribution in [0.15, 0.2) is 48.6 Å². The molecule has 2 aromatic carbocycles. The van der Waals surface area contributed by atoms with Crippen LogP contribution < -0.4 is 18.9 Å². The molecule has 0 saturated carbocycles. The molecule has 4 atom stereocenters. The summed E-state index contributed by atoms with van der Waals surface area (Å²) in [6.07, 6.45) is 12.4. The van der Waals surface area contributed by atoms with Gasteiger partial charge in [-0.05, 0) is 96.9 Å². The highest BCUT2D eigenvalue weighted by Crippen LogP contribution is 2.43. The number of benzene rings is 2. The van der Waals surface area contributed by atoms with Crippen molar-refractivity contribution < 1.29 is 28.4 Å². The van der Waals surface area contributed by atoms with Crippen molar-refractivity contribution >= 4 is 11.1 Å². The predicted molar refractivity (Wildman–Crippen MR) is 147 cm³/mol. The summed E-state index contributed by atoms with van der Waals surface area (Å²) in [6.45, 7) is 2.75. The van der Waals surface area contributed by atoms with Gasteiger partial charge in [0.1, 0.15) is 25.4 Å². The standard InChI is InChI=1S/C32H38O6/c1-33-31-15-25(11-13-29(31)37-19-27-17-35-27)23-7-3-21(4-8-23)22-5-9-24(10-6-22)26-12-14-30(32(16-26)34-2)38-20-28-18-36-28/h7,9,11-16,21-22,27-28H,3-6,8,10,17-20H2,1-2H3. The first-order chi connectivity index (χ1) is 18.7. The zero-order valence-corrected chi connectivity index (χ0v) is 22.4. The van der Waals surface area contributed by atoms with E-state index in [9.17, 15) is 0 Å². The highest BCUT2D eigenvalue weighted by Gasteiger charge is 2.28. The number of hydrogen-bond donors (Lipinski definition) is 0. The summed E-state index contributed by atoms with van der Waals surface area (Å²) in [6, 6.07) is 12.6. The predicted octanol–water partition coefficient (Wildman–Crippen LogP) is 6.33. The van der Waals surface area contributed by atoms with E-state index in [2.05, 4.69) is 36.4 Å². The molecule has 2 saturated heterocycles. The SMILES string of the molecule is COc1cc(C2=CCC(C3CC=C(c4ccc(OCC5CO5)c(OC)c4)CC3)CC2)ccc1OCC1CO1. The van der Waals surface area contributed by atoms with Gasteiger partial charge in [0.2, 0.25) is 0 Å². The Morgan fingerprint density at radius 3 is 1.45 bits per heavy atom. The third-order valence-corrected chi connectivity index (χ3v) is 8.29. The van der Waals surface area contributed by atoms with Gasteiger partial charge in [-0.1, -0.05) is 24.3 Å². The fourth-order valence-corrected chi connectivity index (χ4v) is 5.76. The van der Waals surface area contributed by atoms with E-state index in [1.807, 2.05) is 12.1 Å². The van der Waals surface area contributed by atoms with Crippen molar-refractivity contribution in [3.8, 4) is 23.0 Å². The van der Waals surface area contributed by atoms with Crippen LogP contribution in [0.2, 0.25) is 0 Å². The van der Waals surface area contributed by atoms with Gasteiger partial charge in [0.15, 0.2) is 23.0 Å². The van der Waals surface area contributed by atoms with E-state index in [0.717, 1.165) is 73.7 Å². The van der Waals surface area contributed by atoms with Gasteiger partial charge in [0, 0.05) is 0 Å². The minimum Gasteiger partial charge on any atom is -0.493 e. The molecule has 38 heavy (non-hydrogen) atoms. The Labute approximate surface area is 225 Å². The topological polar surface area (TPSA) is 62.0 Å². The molecule has 0 amide bonds. The lowest BCUT2D eigenvalue weighted by Gasteiger charge is -2.32. The van der Waals surface area contributed by atoms with Crippen molar-refractivity contribution in [3.63, 3.8) is 0 Å². The van der Waals surface area contributed by atoms with Gasteiger partial charge >= 0.3 is 0 Å². The van der Waals surface area contributed by atoms with Gasteiger partial charge in [-0.15, -0.1) is 0 Å². The summed E-state index contributed by atoms with van der Waals surface area (Å²) in [7, 11) is 3.41. The smallest absolute Gasteiger partial charge is 0.161 e. The van der Waals surface area contributed by atoms with Crippen LogP contribution in [0.1, 0.15) is 49.7 Å². The Morgan fingerprint density at radius 2 is 1.11 bits per heavy atom. The summed E-state index contributed by atoms with van der Waals surface area (Å²) < 4.78 is 33.5. The first kappa shape index (κ1) is 25.3. The Balaban J connectivity index is 1.05. The zero-order chi connectivity index (χ0) is 25.9. The normalized spacial score (nSPS) is 26.2. The van der Waals surface area contributed by atoms with E-state index in [-0.39, 0.29) is 12.2 Å². The first-order valence-corrected chi connectivity index (χ1v) is 13.9. The molecule has 6 nitrogen and oxygen atoms in total. The van der Waals surface area contributed by atoms with Crippen LogP contribution in [0, 0.1) is 11.8 Å². The molecule has 0 aromatic heterocycles. The maximum absolute atomic E-state index is 5.88. The lowest BCUT2D eigenvalue weighted by Crippen LogP contribution is -2.19. The second-order valence-electron chi connectivity index (χ2n) is 10.8. The molecule has 2 aliphatic carbocycles. The second kappa shape index (κ2) is 11.4. The number of methoxy groups -OCH3 is 2. The molecule has 0 radical (unpaired) electrons. The number of allylic oxidation sites excluding steroid dienone is 4. The largest absolute Gasteiger partial charge is 0.493 e. The van der Waals surface area contributed by atoms with Crippen molar-refractivity contribution in [3.05, 3.63) is 59.7 Å². The van der Waals surface area contributed by atoms with Gasteiger partial charge in [-0.25, -0.2) is 0 Å². The molecule has 0 spiro atoms. The molecule has 2 fully saturated rings. The molecule has 6 heteroatoms. The average Bonchev–Trinajstić information content (AvgIpc) is 3.91. The lowest BCUT2D eigenvalue weighted by atomic mass is 9.73. The van der Waals surface area contributed by atoms with Crippen LogP contribution in [0.5, 0.6) is 23.0 Å². The molecule has 4 aliphatic rings. The molecular formula is C32H38O6. The Morgan fingerprint density at radius 1 is 0.658 bits per heavy atom. The first-order valence-electron chi connectivity index (χ1n) is 13.9. The minimum absolute atomic E-state index is 0.235. The van der Waals surface area contributed by atoms with Crippen molar-refractivity contribution in [2.75, 3.05) is 40.6 Å². The molecule has 6 rings (SSSR count). The minimum atomic E-state index is 0.235. The highest BCUT2D eigenvalue weighted by atomic mass is 16.6. The molecule has 2 aliphatic heterocycles. The third-order valence-electron chi connectivity index (χ3n) is 8.29. The fourth-order valence-electron chi connectivity index (χ4n) is 5.76. The molecule has 2 aromatic rings. The van der Waals surface area contributed by atoms with Crippen molar-refractivity contribution in [2.45, 2.75) is 50.7 Å². The van der Waals surface area contributed by atoms with Crippen LogP contribution in [-0.4, -0.2) is 52.9 Å². The van der Waals surface area contributed by atoms with Gasteiger partial charge in [0.05, 0.1) is 27.4 Å². The van der Waals surface area contributed by atoms with Crippen molar-refractivity contribution in [2.24, 2.45) is 11.8 Å². The van der Waals surface area contributed by atoms with Crippen LogP contribution in [0.3, 0.4) is 0 Å². The van der Waals surface area contributed by atoms with E-state index in [1.54, 1.807) is 14.2 Å². The van der Waals surface area contributed by atoms with Crippen LogP contribution in [-0.2, 0) is 9.47 Å². The van der Waals surface area contributed by atoms with Gasteiger partial charge < -0.3 is 28.4 Å². The summed E-state index contributed by atoms with van der Waals surface area (Å²) in [5.41, 5.74) is 5.33. The monoisotopic (exact) mass is 518 g/mol. The van der Waals surface area contributed by atoms with Crippen molar-refractivity contribution in [1.29, 1.82) is 0 Å². The summed E-state index contributed by atoms with van der Waals surface area (Å²) in [4.78, 5) is 0. The number of rotatable bonds is 11. The number of epoxide rings is 2. The third kappa shape index (κ3) is 6.02. The quantitative estimate of drug-likeness (QED) is 0.324. The maximum Gasteiger partial charge on any atom is 0.161 e. The second-order valence-corrected chi connectivity index (χ2v) is 10.8. The Hall–Kier alpha value is -2.96. The molecule has 0 bridgehead atoms. The number of ether oxygens (including phenoxy) is 6. The molecule has 2 heterocycles. The van der Waals surface area contributed by atoms with Crippen molar-refractivity contribution in [1.82, 2.24) is 0 Å².